The number of carbonyl (C=O) groups is 3. The molecule has 0 fully saturated rings. The minimum atomic E-state index is -0.903. The van der Waals surface area contributed by atoms with E-state index in [9.17, 15) is 14.4 Å². The van der Waals surface area contributed by atoms with Crippen LogP contribution in [0.4, 0.5) is 4.79 Å². The van der Waals surface area contributed by atoms with E-state index in [0.29, 0.717) is 28.7 Å². The molecule has 0 aromatic heterocycles. The van der Waals surface area contributed by atoms with Gasteiger partial charge in [-0.25, -0.2) is 9.59 Å². The summed E-state index contributed by atoms with van der Waals surface area (Å²) in [4.78, 5) is 34.1. The Balaban J connectivity index is 2.64. The first-order chi connectivity index (χ1) is 12.4. The van der Waals surface area contributed by atoms with Crippen LogP contribution in [-0.2, 0) is 19.1 Å². The number of halogens is 1. The number of hydrogen-bond donors (Lipinski definition) is 1. The molecule has 0 radical (unpaired) electrons. The average Bonchev–Trinajstić information content (AvgIpc) is 2.60. The molecule has 1 rings (SSSR count). The third-order valence-corrected chi connectivity index (χ3v) is 3.10. The number of rotatable bonds is 8. The zero-order chi connectivity index (χ0) is 19.5. The topological polar surface area (TPSA) is 100 Å². The molecule has 1 N–H and O–H groups in total. The van der Waals surface area contributed by atoms with E-state index in [1.54, 1.807) is 19.1 Å². The molecule has 8 nitrogen and oxygen atoms in total. The molecular weight excluding hydrogens is 366 g/mol. The molecule has 1 aromatic rings. The van der Waals surface area contributed by atoms with Gasteiger partial charge in [-0.1, -0.05) is 11.6 Å². The summed E-state index contributed by atoms with van der Waals surface area (Å²) in [5.41, 5.74) is 0.572. The first-order valence-corrected chi connectivity index (χ1v) is 8.10. The van der Waals surface area contributed by atoms with E-state index in [1.165, 1.54) is 13.2 Å². The molecule has 0 aliphatic rings. The van der Waals surface area contributed by atoms with Crippen molar-refractivity contribution < 1.29 is 33.3 Å². The van der Waals surface area contributed by atoms with Crippen LogP contribution in [0.25, 0.3) is 6.08 Å². The molecule has 1 aromatic carbocycles. The predicted octanol–water partition coefficient (Wildman–Crippen LogP) is 2.58. The van der Waals surface area contributed by atoms with Gasteiger partial charge in [-0.05, 0) is 37.6 Å². The van der Waals surface area contributed by atoms with Crippen molar-refractivity contribution in [1.29, 1.82) is 0 Å². The highest BCUT2D eigenvalue weighted by Gasteiger charge is 2.12. The van der Waals surface area contributed by atoms with E-state index in [2.05, 4.69) is 4.74 Å². The Hall–Kier alpha value is -2.74. The van der Waals surface area contributed by atoms with Gasteiger partial charge in [-0.2, -0.15) is 0 Å². The third kappa shape index (κ3) is 7.02. The molecule has 0 aliphatic carbocycles. The fourth-order valence-corrected chi connectivity index (χ4v) is 2.06. The highest BCUT2D eigenvalue weighted by molar-refractivity contribution is 6.32. The van der Waals surface area contributed by atoms with Gasteiger partial charge in [0.1, 0.15) is 0 Å². The molecule has 142 valence electrons. The number of imide groups is 1. The summed E-state index contributed by atoms with van der Waals surface area (Å²) in [6.45, 7) is 3.34. The van der Waals surface area contributed by atoms with Crippen LogP contribution >= 0.6 is 11.6 Å². The standard InChI is InChI=1S/C17H20ClNO7/c1-4-24-16-12(18)8-11(9-13(16)23-3)6-7-15(21)26-10-14(20)19-17(22)25-5-2/h6-9H,4-5,10H2,1-3H3,(H,19,20,22)/b7-6+. The van der Waals surface area contributed by atoms with Crippen molar-refractivity contribution in [3.8, 4) is 11.5 Å². The summed E-state index contributed by atoms with van der Waals surface area (Å²) in [6, 6.07) is 3.22. The molecule has 26 heavy (non-hydrogen) atoms. The molecule has 0 aliphatic heterocycles. The normalized spacial score (nSPS) is 10.3. The Morgan fingerprint density at radius 3 is 2.50 bits per heavy atom. The van der Waals surface area contributed by atoms with E-state index >= 15 is 0 Å². The van der Waals surface area contributed by atoms with E-state index in [4.69, 9.17) is 25.8 Å². The average molecular weight is 386 g/mol. The quantitative estimate of drug-likeness (QED) is 0.542. The first kappa shape index (κ1) is 21.3. The van der Waals surface area contributed by atoms with Gasteiger partial charge in [0.15, 0.2) is 18.1 Å². The number of esters is 1. The van der Waals surface area contributed by atoms with Gasteiger partial charge in [0, 0.05) is 6.08 Å². The van der Waals surface area contributed by atoms with Crippen LogP contribution in [-0.4, -0.2) is 44.9 Å². The minimum Gasteiger partial charge on any atom is -0.493 e. The summed E-state index contributed by atoms with van der Waals surface area (Å²) < 4.78 is 19.8. The zero-order valence-electron chi connectivity index (χ0n) is 14.7. The summed E-state index contributed by atoms with van der Waals surface area (Å²) in [7, 11) is 1.47. The van der Waals surface area contributed by atoms with Crippen molar-refractivity contribution in [3.63, 3.8) is 0 Å². The summed E-state index contributed by atoms with van der Waals surface area (Å²) in [5, 5.41) is 2.23. The SMILES string of the molecule is CCOC(=O)NC(=O)COC(=O)/C=C/c1cc(Cl)c(OCC)c(OC)c1. The number of nitrogens with one attached hydrogen (secondary N) is 1. The second-order valence-corrected chi connectivity index (χ2v) is 5.08. The van der Waals surface area contributed by atoms with Gasteiger partial charge in [-0.15, -0.1) is 0 Å². The highest BCUT2D eigenvalue weighted by atomic mass is 35.5. The van der Waals surface area contributed by atoms with Crippen LogP contribution in [0, 0.1) is 0 Å². The lowest BCUT2D eigenvalue weighted by molar-refractivity contribution is -0.143. The van der Waals surface area contributed by atoms with Crippen molar-refractivity contribution in [2.75, 3.05) is 26.9 Å². The van der Waals surface area contributed by atoms with Crippen LogP contribution < -0.4 is 14.8 Å². The minimum absolute atomic E-state index is 0.121. The number of methoxy groups -OCH3 is 1. The molecular formula is C17H20ClNO7. The smallest absolute Gasteiger partial charge is 0.413 e. The lowest BCUT2D eigenvalue weighted by Crippen LogP contribution is -2.34. The Bertz CT molecular complexity index is 688. The molecule has 0 saturated carbocycles. The molecule has 0 bridgehead atoms. The largest absolute Gasteiger partial charge is 0.493 e. The number of benzene rings is 1. The fraction of sp³-hybridized carbons (Fsp3) is 0.353. The Labute approximate surface area is 156 Å². The van der Waals surface area contributed by atoms with E-state index < -0.39 is 24.6 Å². The van der Waals surface area contributed by atoms with Crippen molar-refractivity contribution >= 4 is 35.6 Å². The van der Waals surface area contributed by atoms with Gasteiger partial charge in [-0.3, -0.25) is 10.1 Å². The number of amides is 2. The monoisotopic (exact) mass is 385 g/mol. The Morgan fingerprint density at radius 1 is 1.15 bits per heavy atom. The van der Waals surface area contributed by atoms with Gasteiger partial charge in [0.05, 0.1) is 25.3 Å². The van der Waals surface area contributed by atoms with Crippen molar-refractivity contribution in [2.45, 2.75) is 13.8 Å². The lowest BCUT2D eigenvalue weighted by atomic mass is 10.2. The van der Waals surface area contributed by atoms with E-state index in [1.807, 2.05) is 12.2 Å². The maximum atomic E-state index is 11.6. The number of ether oxygens (including phenoxy) is 4. The summed E-state index contributed by atoms with van der Waals surface area (Å²) >= 11 is 6.13. The van der Waals surface area contributed by atoms with Gasteiger partial charge >= 0.3 is 12.1 Å². The van der Waals surface area contributed by atoms with Crippen molar-refractivity contribution in [1.82, 2.24) is 5.32 Å². The molecule has 0 spiro atoms. The number of alkyl carbamates (subject to hydrolysis) is 1. The highest BCUT2D eigenvalue weighted by Crippen LogP contribution is 2.36. The van der Waals surface area contributed by atoms with Crippen molar-refractivity contribution in [3.05, 3.63) is 28.8 Å². The van der Waals surface area contributed by atoms with Crippen LogP contribution in [0.2, 0.25) is 5.02 Å². The van der Waals surface area contributed by atoms with E-state index in [-0.39, 0.29) is 6.61 Å². The summed E-state index contributed by atoms with van der Waals surface area (Å²) in [5.74, 6) is -0.739. The molecule has 0 saturated heterocycles. The maximum absolute atomic E-state index is 11.6. The zero-order valence-corrected chi connectivity index (χ0v) is 15.4. The van der Waals surface area contributed by atoms with Crippen LogP contribution in [0.1, 0.15) is 19.4 Å². The molecule has 0 heterocycles. The Morgan fingerprint density at radius 2 is 1.88 bits per heavy atom. The second kappa shape index (κ2) is 11.0. The number of carbonyl (C=O) groups excluding carboxylic acids is 3. The third-order valence-electron chi connectivity index (χ3n) is 2.81. The lowest BCUT2D eigenvalue weighted by Gasteiger charge is -2.11. The Kier molecular flexibility index (Phi) is 9.00. The predicted molar refractivity (Wildman–Crippen MR) is 94.3 cm³/mol. The summed E-state index contributed by atoms with van der Waals surface area (Å²) in [6.07, 6.45) is 1.65. The fourth-order valence-electron chi connectivity index (χ4n) is 1.79. The second-order valence-electron chi connectivity index (χ2n) is 4.68. The van der Waals surface area contributed by atoms with Crippen molar-refractivity contribution in [2.24, 2.45) is 0 Å². The molecule has 0 unspecified atom stereocenters. The number of hydrogen-bond acceptors (Lipinski definition) is 7. The van der Waals surface area contributed by atoms with Gasteiger partial charge < -0.3 is 18.9 Å². The molecule has 9 heteroatoms. The van der Waals surface area contributed by atoms with E-state index in [0.717, 1.165) is 6.08 Å². The maximum Gasteiger partial charge on any atom is 0.413 e. The van der Waals surface area contributed by atoms with Gasteiger partial charge in [0.2, 0.25) is 0 Å². The van der Waals surface area contributed by atoms with Crippen LogP contribution in [0.3, 0.4) is 0 Å². The van der Waals surface area contributed by atoms with Crippen LogP contribution in [0.15, 0.2) is 18.2 Å². The first-order valence-electron chi connectivity index (χ1n) is 7.73. The van der Waals surface area contributed by atoms with Crippen LogP contribution in [0.5, 0.6) is 11.5 Å². The molecule has 2 amide bonds. The van der Waals surface area contributed by atoms with Gasteiger partial charge in [0.25, 0.3) is 5.91 Å². The molecule has 0 atom stereocenters.